The van der Waals surface area contributed by atoms with Crippen LogP contribution in [0.3, 0.4) is 0 Å². The van der Waals surface area contributed by atoms with E-state index < -0.39 is 77.6 Å². The highest BCUT2D eigenvalue weighted by Gasteiger charge is 2.21. The van der Waals surface area contributed by atoms with Crippen molar-refractivity contribution in [3.63, 3.8) is 0 Å². The van der Waals surface area contributed by atoms with Gasteiger partial charge in [-0.2, -0.15) is 0 Å². The third kappa shape index (κ3) is 4.65. The van der Waals surface area contributed by atoms with Crippen LogP contribution in [0.25, 0.3) is 76.5 Å². The van der Waals surface area contributed by atoms with Gasteiger partial charge in [-0.25, -0.2) is 0 Å². The van der Waals surface area contributed by atoms with Gasteiger partial charge >= 0.3 is 0 Å². The minimum atomic E-state index is -0.655. The Morgan fingerprint density at radius 3 is 2.06 bits per heavy atom. The lowest BCUT2D eigenvalue weighted by molar-refractivity contribution is 0.672. The number of anilines is 3. The fourth-order valence-corrected chi connectivity index (χ4v) is 6.85. The van der Waals surface area contributed by atoms with Gasteiger partial charge in [0.25, 0.3) is 0 Å². The van der Waals surface area contributed by atoms with Crippen LogP contribution in [0.4, 0.5) is 17.1 Å². The van der Waals surface area contributed by atoms with Gasteiger partial charge in [0.1, 0.15) is 11.2 Å². The number of fused-ring (bicyclic) bond motifs is 7. The molecule has 1 heterocycles. The predicted octanol–water partition coefficient (Wildman–Crippen LogP) is 13.8. The summed E-state index contributed by atoms with van der Waals surface area (Å²) in [6, 6.07) is 32.5. The zero-order chi connectivity index (χ0) is 42.6. The standard InChI is InChI=1S/C48H31NO/c1-2-13-36-30-37(23-22-32(36)10-1)33-24-27-39(28-25-33)49(40-16-7-15-38(31-40)42-19-8-14-34-11-3-5-17-41(34)42)45-20-9-21-46-47(45)44-29-26-35-12-4-6-18-43(35)48(44)50-46/h1-31H/i1D,2D,10D,13D,22D,23D,24D,25D,27D,28D,30D. The molecule has 10 aromatic rings. The molecule has 234 valence electrons. The van der Waals surface area contributed by atoms with Crippen molar-refractivity contribution in [2.45, 2.75) is 0 Å². The molecule has 0 aliphatic rings. The largest absolute Gasteiger partial charge is 0.455 e. The van der Waals surface area contributed by atoms with Gasteiger partial charge in [0.2, 0.25) is 0 Å². The van der Waals surface area contributed by atoms with Crippen LogP contribution < -0.4 is 4.90 Å². The van der Waals surface area contributed by atoms with Crippen molar-refractivity contribution in [3.8, 4) is 22.3 Å². The molecule has 0 atom stereocenters. The normalized spacial score (nSPS) is 14.7. The summed E-state index contributed by atoms with van der Waals surface area (Å²) in [6.07, 6.45) is 0. The first-order valence-electron chi connectivity index (χ1n) is 21.7. The number of benzene rings is 9. The minimum absolute atomic E-state index is 0.122. The fraction of sp³-hybridized carbons (Fsp3) is 0. The number of hydrogen-bond acceptors (Lipinski definition) is 2. The molecule has 0 saturated carbocycles. The van der Waals surface area contributed by atoms with Gasteiger partial charge in [0.15, 0.2) is 0 Å². The maximum atomic E-state index is 9.67. The number of rotatable bonds is 5. The summed E-state index contributed by atoms with van der Waals surface area (Å²) in [7, 11) is 0. The molecule has 0 aliphatic carbocycles. The summed E-state index contributed by atoms with van der Waals surface area (Å²) < 4.78 is 105. The van der Waals surface area contributed by atoms with E-state index in [2.05, 4.69) is 0 Å². The van der Waals surface area contributed by atoms with Crippen LogP contribution in [-0.4, -0.2) is 0 Å². The summed E-state index contributed by atoms with van der Waals surface area (Å²) in [5.41, 5.74) is 2.99. The average molecular weight is 649 g/mol. The molecule has 0 spiro atoms. The molecule has 0 aliphatic heterocycles. The van der Waals surface area contributed by atoms with E-state index in [1.165, 1.54) is 0 Å². The van der Waals surface area contributed by atoms with Crippen molar-refractivity contribution in [1.29, 1.82) is 0 Å². The first kappa shape index (κ1) is 19.4. The minimum Gasteiger partial charge on any atom is -0.455 e. The van der Waals surface area contributed by atoms with E-state index in [0.29, 0.717) is 27.9 Å². The molecular weight excluding hydrogens is 607 g/mol. The molecule has 2 heteroatoms. The number of nitrogens with zero attached hydrogens (tertiary/aromatic N) is 1. The van der Waals surface area contributed by atoms with Gasteiger partial charge in [-0.1, -0.05) is 139 Å². The summed E-state index contributed by atoms with van der Waals surface area (Å²) in [5.74, 6) is 0. The number of hydrogen-bond donors (Lipinski definition) is 0. The van der Waals surface area contributed by atoms with Crippen LogP contribution in [0.15, 0.2) is 192 Å². The van der Waals surface area contributed by atoms with Gasteiger partial charge in [0, 0.05) is 22.1 Å². The van der Waals surface area contributed by atoms with E-state index in [1.54, 1.807) is 11.0 Å². The van der Waals surface area contributed by atoms with Gasteiger partial charge in [-0.05, 0) is 97.6 Å². The van der Waals surface area contributed by atoms with Crippen molar-refractivity contribution in [2.75, 3.05) is 4.90 Å². The van der Waals surface area contributed by atoms with Crippen LogP contribution in [0.1, 0.15) is 15.1 Å². The molecular formula is C48H31NO. The zero-order valence-corrected chi connectivity index (χ0v) is 26.4. The van der Waals surface area contributed by atoms with Gasteiger partial charge < -0.3 is 9.32 Å². The highest BCUT2D eigenvalue weighted by molar-refractivity contribution is 6.19. The summed E-state index contributed by atoms with van der Waals surface area (Å²) in [6.45, 7) is 0. The quantitative estimate of drug-likeness (QED) is 0.185. The Labute approximate surface area is 305 Å². The molecule has 0 bridgehead atoms. The van der Waals surface area contributed by atoms with E-state index in [4.69, 9.17) is 14.0 Å². The second-order valence-electron chi connectivity index (χ2n) is 12.1. The zero-order valence-electron chi connectivity index (χ0n) is 37.4. The lowest BCUT2D eigenvalue weighted by atomic mass is 9.97. The van der Waals surface area contributed by atoms with Crippen LogP contribution in [0.2, 0.25) is 0 Å². The SMILES string of the molecule is [2H]c1c([2H])c(N(c2cccc(-c3cccc4ccccc34)c2)c2cccc3oc4c5ccccc5ccc4c23)c([2H])c([2H])c1-c1c([2H])c([2H])c2c([2H])c([2H])c([2H])c([2H])c2c1[2H]. The third-order valence-corrected chi connectivity index (χ3v) is 9.15. The molecule has 0 radical (unpaired) electrons. The Morgan fingerprint density at radius 2 is 1.18 bits per heavy atom. The second kappa shape index (κ2) is 11.5. The molecule has 1 aromatic heterocycles. The Morgan fingerprint density at radius 1 is 0.460 bits per heavy atom. The Bertz CT molecular complexity index is 3490. The van der Waals surface area contributed by atoms with Crippen LogP contribution in [0, 0.1) is 0 Å². The Balaban J connectivity index is 1.28. The van der Waals surface area contributed by atoms with E-state index in [-0.39, 0.29) is 16.5 Å². The predicted molar refractivity (Wildman–Crippen MR) is 212 cm³/mol. The summed E-state index contributed by atoms with van der Waals surface area (Å²) in [4.78, 5) is 1.68. The van der Waals surface area contributed by atoms with E-state index in [9.17, 15) is 5.48 Å². The summed E-state index contributed by atoms with van der Waals surface area (Å²) >= 11 is 0. The molecule has 0 fully saturated rings. The van der Waals surface area contributed by atoms with E-state index >= 15 is 0 Å². The highest BCUT2D eigenvalue weighted by Crippen LogP contribution is 2.45. The second-order valence-corrected chi connectivity index (χ2v) is 12.1. The molecule has 0 N–H and O–H groups in total. The van der Waals surface area contributed by atoms with E-state index in [1.807, 2.05) is 115 Å². The lowest BCUT2D eigenvalue weighted by Crippen LogP contribution is -2.10. The highest BCUT2D eigenvalue weighted by atomic mass is 16.3. The van der Waals surface area contributed by atoms with Crippen molar-refractivity contribution in [2.24, 2.45) is 0 Å². The topological polar surface area (TPSA) is 16.4 Å². The van der Waals surface area contributed by atoms with Crippen LogP contribution >= 0.6 is 0 Å². The van der Waals surface area contributed by atoms with Crippen molar-refractivity contribution in [1.82, 2.24) is 0 Å². The first-order chi connectivity index (χ1) is 29.4. The maximum absolute atomic E-state index is 9.67. The molecule has 2 nitrogen and oxygen atoms in total. The van der Waals surface area contributed by atoms with Crippen molar-refractivity contribution < 1.29 is 19.5 Å². The summed E-state index contributed by atoms with van der Waals surface area (Å²) in [5, 5.41) is 4.70. The molecule has 10 rings (SSSR count). The molecule has 0 unspecified atom stereocenters. The van der Waals surface area contributed by atoms with Crippen molar-refractivity contribution >= 4 is 71.3 Å². The average Bonchev–Trinajstić information content (AvgIpc) is 3.68. The van der Waals surface area contributed by atoms with Gasteiger partial charge in [0.05, 0.1) is 26.2 Å². The number of furan rings is 1. The monoisotopic (exact) mass is 648 g/mol. The smallest absolute Gasteiger partial charge is 0.143 e. The van der Waals surface area contributed by atoms with Crippen LogP contribution in [-0.2, 0) is 0 Å². The van der Waals surface area contributed by atoms with E-state index in [0.717, 1.165) is 38.1 Å². The lowest BCUT2D eigenvalue weighted by Gasteiger charge is -2.27. The first-order valence-corrected chi connectivity index (χ1v) is 16.2. The van der Waals surface area contributed by atoms with Crippen LogP contribution in [0.5, 0.6) is 0 Å². The Kier molecular flexibility index (Phi) is 4.46. The maximum Gasteiger partial charge on any atom is 0.143 e. The molecule has 50 heavy (non-hydrogen) atoms. The fourth-order valence-electron chi connectivity index (χ4n) is 6.85. The van der Waals surface area contributed by atoms with Gasteiger partial charge in [-0.3, -0.25) is 0 Å². The van der Waals surface area contributed by atoms with Gasteiger partial charge in [-0.15, -0.1) is 0 Å². The Hall–Kier alpha value is -6.64. The third-order valence-electron chi connectivity index (χ3n) is 9.15. The molecule has 0 amide bonds. The van der Waals surface area contributed by atoms with Crippen molar-refractivity contribution in [3.05, 3.63) is 188 Å². The molecule has 9 aromatic carbocycles. The molecule has 0 saturated heterocycles.